The fourth-order valence-corrected chi connectivity index (χ4v) is 1.63. The van der Waals surface area contributed by atoms with Crippen LogP contribution in [0.25, 0.3) is 10.8 Å². The summed E-state index contributed by atoms with van der Waals surface area (Å²) >= 11 is 0. The van der Waals surface area contributed by atoms with E-state index in [9.17, 15) is 18.0 Å². The summed E-state index contributed by atoms with van der Waals surface area (Å²) in [4.78, 5) is 11.6. The summed E-state index contributed by atoms with van der Waals surface area (Å²) in [6.07, 6.45) is -4.73. The summed E-state index contributed by atoms with van der Waals surface area (Å²) in [7, 11) is 0. The van der Waals surface area contributed by atoms with Crippen LogP contribution in [0.2, 0.25) is 0 Å². The number of aliphatic hydroxyl groups is 1. The SMILES string of the molecule is O=C(C=C(O)C(F)(F)F)c1ccc2ccccc2c1.[Eu]. The first-order chi connectivity index (χ1) is 8.88. The van der Waals surface area contributed by atoms with Crippen molar-refractivity contribution in [2.24, 2.45) is 0 Å². The first kappa shape index (κ1) is 17.3. The van der Waals surface area contributed by atoms with Gasteiger partial charge in [-0.1, -0.05) is 36.4 Å². The van der Waals surface area contributed by atoms with Crippen LogP contribution >= 0.6 is 0 Å². The zero-order valence-electron chi connectivity index (χ0n) is 9.99. The third kappa shape index (κ3) is 4.14. The van der Waals surface area contributed by atoms with Crippen LogP contribution in [0.1, 0.15) is 10.4 Å². The summed E-state index contributed by atoms with van der Waals surface area (Å²) in [5.41, 5.74) is 0.0921. The Hall–Kier alpha value is -0.716. The van der Waals surface area contributed by atoms with E-state index in [-0.39, 0.29) is 61.0 Å². The van der Waals surface area contributed by atoms with E-state index in [2.05, 4.69) is 0 Å². The molecule has 0 saturated heterocycles. The molecule has 0 spiro atoms. The topological polar surface area (TPSA) is 37.3 Å². The molecule has 0 aliphatic heterocycles. The van der Waals surface area contributed by atoms with E-state index in [4.69, 9.17) is 5.11 Å². The number of hydrogen-bond acceptors (Lipinski definition) is 2. The summed E-state index contributed by atoms with van der Waals surface area (Å²) in [5, 5.41) is 10.4. The Balaban J connectivity index is 0.00000200. The quantitative estimate of drug-likeness (QED) is 0.455. The van der Waals surface area contributed by atoms with E-state index in [1.54, 1.807) is 18.2 Å². The molecule has 0 bridgehead atoms. The Bertz CT molecular complexity index is 663. The van der Waals surface area contributed by atoms with Gasteiger partial charge in [0.15, 0.2) is 5.78 Å². The van der Waals surface area contributed by atoms with Crippen LogP contribution in [-0.4, -0.2) is 17.1 Å². The van der Waals surface area contributed by atoms with Crippen LogP contribution in [0.15, 0.2) is 54.3 Å². The molecule has 2 rings (SSSR count). The van der Waals surface area contributed by atoms with Gasteiger partial charge >= 0.3 is 6.18 Å². The number of carbonyl (C=O) groups is 1. The number of halogens is 3. The zero-order valence-corrected chi connectivity index (χ0v) is 12.4. The smallest absolute Gasteiger partial charge is 0.448 e. The molecule has 0 unspecified atom stereocenters. The number of hydrogen-bond donors (Lipinski definition) is 1. The zero-order chi connectivity index (χ0) is 14.0. The fraction of sp³-hybridized carbons (Fsp3) is 0.0714. The maximum absolute atomic E-state index is 12.1. The van der Waals surface area contributed by atoms with Crippen molar-refractivity contribution in [3.63, 3.8) is 0 Å². The van der Waals surface area contributed by atoms with Gasteiger partial charge in [0.05, 0.1) is 0 Å². The Labute approximate surface area is 153 Å². The Morgan fingerprint density at radius 1 is 1.05 bits per heavy atom. The number of ketones is 1. The average molecular weight is 418 g/mol. The van der Waals surface area contributed by atoms with E-state index < -0.39 is 17.7 Å². The van der Waals surface area contributed by atoms with E-state index in [1.165, 1.54) is 12.1 Å². The first-order valence-corrected chi connectivity index (χ1v) is 5.39. The number of alkyl halides is 3. The minimum Gasteiger partial charge on any atom is -0.504 e. The van der Waals surface area contributed by atoms with Crippen LogP contribution in [0, 0.1) is 49.4 Å². The molecule has 1 N–H and O–H groups in total. The Morgan fingerprint density at radius 2 is 1.65 bits per heavy atom. The van der Waals surface area contributed by atoms with Gasteiger partial charge < -0.3 is 5.11 Å². The fourth-order valence-electron chi connectivity index (χ4n) is 1.63. The molecule has 0 atom stereocenters. The number of benzene rings is 2. The van der Waals surface area contributed by atoms with Gasteiger partial charge in [-0.3, -0.25) is 4.79 Å². The molecule has 0 aliphatic carbocycles. The minimum absolute atomic E-state index is 0. The molecule has 0 saturated carbocycles. The molecular formula is C14H9EuF3O2. The normalized spacial score (nSPS) is 12.1. The van der Waals surface area contributed by atoms with Crippen molar-refractivity contribution in [2.45, 2.75) is 6.18 Å². The van der Waals surface area contributed by atoms with E-state index in [0.29, 0.717) is 0 Å². The van der Waals surface area contributed by atoms with Gasteiger partial charge in [0, 0.05) is 61.0 Å². The van der Waals surface area contributed by atoms with Crippen molar-refractivity contribution in [3.8, 4) is 0 Å². The largest absolute Gasteiger partial charge is 0.504 e. The molecule has 2 aromatic rings. The van der Waals surface area contributed by atoms with Gasteiger partial charge in [0.1, 0.15) is 0 Å². The molecular weight excluding hydrogens is 409 g/mol. The molecule has 0 fully saturated rings. The molecule has 105 valence electrons. The van der Waals surface area contributed by atoms with Crippen LogP contribution in [-0.2, 0) is 0 Å². The van der Waals surface area contributed by atoms with Crippen LogP contribution in [0.3, 0.4) is 0 Å². The number of allylic oxidation sites excluding steroid dienone is 2. The van der Waals surface area contributed by atoms with Crippen molar-refractivity contribution < 1.29 is 72.4 Å². The van der Waals surface area contributed by atoms with Gasteiger partial charge in [-0.2, -0.15) is 13.2 Å². The third-order valence-electron chi connectivity index (χ3n) is 2.59. The van der Waals surface area contributed by atoms with Crippen molar-refractivity contribution in [1.82, 2.24) is 0 Å². The predicted molar refractivity (Wildman–Crippen MR) is 65.0 cm³/mol. The standard InChI is InChI=1S/C14H9F3O2.Eu/c15-14(16,17)13(19)8-12(18)11-6-5-9-3-1-2-4-10(9)7-11;/h1-8,19H;. The maximum Gasteiger partial charge on any atom is 0.448 e. The number of carbonyl (C=O) groups excluding carboxylic acids is 1. The molecule has 0 aliphatic rings. The number of fused-ring (bicyclic) bond motifs is 1. The van der Waals surface area contributed by atoms with Gasteiger partial charge in [0.25, 0.3) is 0 Å². The minimum atomic E-state index is -4.91. The van der Waals surface area contributed by atoms with Crippen molar-refractivity contribution >= 4 is 16.6 Å². The molecule has 2 nitrogen and oxygen atoms in total. The molecule has 6 heteroatoms. The van der Waals surface area contributed by atoms with E-state index in [0.717, 1.165) is 10.8 Å². The first-order valence-electron chi connectivity index (χ1n) is 5.39. The molecule has 0 amide bonds. The van der Waals surface area contributed by atoms with Crippen LogP contribution in [0.4, 0.5) is 13.2 Å². The molecule has 0 aromatic heterocycles. The van der Waals surface area contributed by atoms with Gasteiger partial charge in [-0.25, -0.2) is 0 Å². The van der Waals surface area contributed by atoms with Gasteiger partial charge in [-0.15, -0.1) is 0 Å². The number of rotatable bonds is 2. The second-order valence-corrected chi connectivity index (χ2v) is 3.95. The third-order valence-corrected chi connectivity index (χ3v) is 2.59. The van der Waals surface area contributed by atoms with E-state index >= 15 is 0 Å². The molecule has 1 radical (unpaired) electrons. The van der Waals surface area contributed by atoms with Gasteiger partial charge in [0.2, 0.25) is 5.76 Å². The molecule has 2 aromatic carbocycles. The second kappa shape index (κ2) is 6.83. The summed E-state index contributed by atoms with van der Waals surface area (Å²) in [5.74, 6) is -2.79. The average Bonchev–Trinajstić information content (AvgIpc) is 2.37. The summed E-state index contributed by atoms with van der Waals surface area (Å²) < 4.78 is 36.3. The van der Waals surface area contributed by atoms with Crippen LogP contribution < -0.4 is 0 Å². The van der Waals surface area contributed by atoms with Crippen molar-refractivity contribution in [1.29, 1.82) is 0 Å². The molecule has 0 heterocycles. The van der Waals surface area contributed by atoms with Crippen molar-refractivity contribution in [3.05, 3.63) is 59.9 Å². The second-order valence-electron chi connectivity index (χ2n) is 3.95. The van der Waals surface area contributed by atoms with Crippen LogP contribution in [0.5, 0.6) is 0 Å². The molecule has 20 heavy (non-hydrogen) atoms. The number of aliphatic hydroxyl groups excluding tert-OH is 1. The predicted octanol–water partition coefficient (Wildman–Crippen LogP) is 4.03. The Kier molecular flexibility index (Phi) is 5.92. The van der Waals surface area contributed by atoms with Gasteiger partial charge in [-0.05, 0) is 16.8 Å². The maximum atomic E-state index is 12.1. The monoisotopic (exact) mass is 419 g/mol. The van der Waals surface area contributed by atoms with E-state index in [1.807, 2.05) is 12.1 Å². The Morgan fingerprint density at radius 3 is 2.25 bits per heavy atom. The summed E-state index contributed by atoms with van der Waals surface area (Å²) in [6, 6.07) is 11.7. The van der Waals surface area contributed by atoms with Crippen molar-refractivity contribution in [2.75, 3.05) is 0 Å². The summed E-state index contributed by atoms with van der Waals surface area (Å²) in [6.45, 7) is 0.